The van der Waals surface area contributed by atoms with Crippen LogP contribution in [0.3, 0.4) is 0 Å². The summed E-state index contributed by atoms with van der Waals surface area (Å²) in [5.74, 6) is -0.106. The molecule has 0 spiro atoms. The number of aromatic carboxylic acids is 1. The molecule has 1 atom stereocenters. The Kier molecular flexibility index (Phi) is 4.65. The summed E-state index contributed by atoms with van der Waals surface area (Å²) in [6.45, 7) is 0.571. The Morgan fingerprint density at radius 2 is 2.04 bits per heavy atom. The van der Waals surface area contributed by atoms with Crippen LogP contribution in [0.5, 0.6) is 11.5 Å². The van der Waals surface area contributed by atoms with Gasteiger partial charge >= 0.3 is 5.97 Å². The van der Waals surface area contributed by atoms with Crippen molar-refractivity contribution in [1.29, 1.82) is 0 Å². The Morgan fingerprint density at radius 3 is 2.68 bits per heavy atom. The van der Waals surface area contributed by atoms with Crippen molar-refractivity contribution in [3.8, 4) is 11.5 Å². The van der Waals surface area contributed by atoms with E-state index in [9.17, 15) is 9.59 Å². The van der Waals surface area contributed by atoms with E-state index < -0.39 is 5.97 Å². The largest absolute Gasteiger partial charge is 0.497 e. The third-order valence-electron chi connectivity index (χ3n) is 4.37. The van der Waals surface area contributed by atoms with Crippen LogP contribution in [0.4, 0.5) is 0 Å². The van der Waals surface area contributed by atoms with Gasteiger partial charge in [-0.2, -0.15) is 0 Å². The predicted molar refractivity (Wildman–Crippen MR) is 88.2 cm³/mol. The van der Waals surface area contributed by atoms with Crippen molar-refractivity contribution in [3.63, 3.8) is 0 Å². The molecule has 1 aliphatic heterocycles. The molecule has 0 bridgehead atoms. The fraction of sp³-hybridized carbons (Fsp3) is 0.333. The molecule has 1 aliphatic rings. The van der Waals surface area contributed by atoms with E-state index in [-0.39, 0.29) is 23.3 Å². The molecule has 7 heteroatoms. The van der Waals surface area contributed by atoms with Crippen LogP contribution in [-0.2, 0) is 0 Å². The van der Waals surface area contributed by atoms with E-state index in [0.29, 0.717) is 18.0 Å². The van der Waals surface area contributed by atoms with Crippen LogP contribution in [0.15, 0.2) is 34.9 Å². The van der Waals surface area contributed by atoms with Gasteiger partial charge in [0, 0.05) is 24.2 Å². The Labute approximate surface area is 144 Å². The number of carboxylic acid groups (broad SMARTS) is 1. The highest BCUT2D eigenvalue weighted by atomic mass is 16.5. The summed E-state index contributed by atoms with van der Waals surface area (Å²) in [6, 6.07) is 6.59. The molecule has 0 aliphatic carbocycles. The molecular formula is C18H19NO6. The van der Waals surface area contributed by atoms with E-state index in [0.717, 1.165) is 24.7 Å². The molecule has 2 heterocycles. The quantitative estimate of drug-likeness (QED) is 0.896. The second kappa shape index (κ2) is 6.88. The molecule has 1 saturated heterocycles. The minimum absolute atomic E-state index is 0.0248. The maximum Gasteiger partial charge on any atom is 0.338 e. The number of ether oxygens (including phenoxy) is 2. The first-order chi connectivity index (χ1) is 12.0. The van der Waals surface area contributed by atoms with Gasteiger partial charge in [-0.3, -0.25) is 4.79 Å². The van der Waals surface area contributed by atoms with E-state index >= 15 is 0 Å². The van der Waals surface area contributed by atoms with Gasteiger partial charge in [0.1, 0.15) is 17.8 Å². The van der Waals surface area contributed by atoms with E-state index in [1.165, 1.54) is 6.07 Å². The molecule has 1 amide bonds. The summed E-state index contributed by atoms with van der Waals surface area (Å²) in [5.41, 5.74) is 0.847. The summed E-state index contributed by atoms with van der Waals surface area (Å²) in [7, 11) is 3.15. The number of amides is 1. The van der Waals surface area contributed by atoms with Gasteiger partial charge in [0.2, 0.25) is 0 Å². The number of furan rings is 1. The lowest BCUT2D eigenvalue weighted by molar-refractivity contribution is 0.0689. The van der Waals surface area contributed by atoms with Crippen LogP contribution >= 0.6 is 0 Å². The number of hydrogen-bond acceptors (Lipinski definition) is 5. The van der Waals surface area contributed by atoms with E-state index in [1.54, 1.807) is 25.2 Å². The number of carboxylic acids is 1. The molecule has 0 unspecified atom stereocenters. The van der Waals surface area contributed by atoms with Crippen molar-refractivity contribution in [1.82, 2.24) is 4.90 Å². The minimum atomic E-state index is -1.13. The van der Waals surface area contributed by atoms with Gasteiger partial charge in [-0.15, -0.1) is 0 Å². The Balaban J connectivity index is 1.89. The maximum absolute atomic E-state index is 12.8. The van der Waals surface area contributed by atoms with Gasteiger partial charge in [-0.05, 0) is 25.0 Å². The molecule has 0 radical (unpaired) electrons. The van der Waals surface area contributed by atoms with Crippen LogP contribution in [0.25, 0.3) is 0 Å². The lowest BCUT2D eigenvalue weighted by Gasteiger charge is -2.25. The van der Waals surface area contributed by atoms with Crippen LogP contribution in [-0.4, -0.2) is 42.6 Å². The van der Waals surface area contributed by atoms with Crippen molar-refractivity contribution >= 4 is 11.9 Å². The molecule has 1 N–H and O–H groups in total. The topological polar surface area (TPSA) is 89.2 Å². The molecule has 3 rings (SSSR count). The third kappa shape index (κ3) is 3.17. The van der Waals surface area contributed by atoms with Crippen LogP contribution < -0.4 is 9.47 Å². The molecule has 132 valence electrons. The first-order valence-corrected chi connectivity index (χ1v) is 7.90. The highest BCUT2D eigenvalue weighted by Gasteiger charge is 2.34. The number of nitrogens with zero attached hydrogens (tertiary/aromatic N) is 1. The van der Waals surface area contributed by atoms with E-state index in [4.69, 9.17) is 19.0 Å². The Hall–Kier alpha value is -2.96. The summed E-state index contributed by atoms with van der Waals surface area (Å²) in [4.78, 5) is 25.4. The second-order valence-electron chi connectivity index (χ2n) is 5.77. The fourth-order valence-electron chi connectivity index (χ4n) is 3.13. The minimum Gasteiger partial charge on any atom is -0.497 e. The number of carbonyl (C=O) groups excluding carboxylic acids is 1. The highest BCUT2D eigenvalue weighted by Crippen LogP contribution is 2.39. The monoisotopic (exact) mass is 345 g/mol. The summed E-state index contributed by atoms with van der Waals surface area (Å²) >= 11 is 0. The molecule has 1 aromatic carbocycles. The molecule has 0 saturated carbocycles. The zero-order valence-corrected chi connectivity index (χ0v) is 14.0. The van der Waals surface area contributed by atoms with Gasteiger partial charge in [-0.1, -0.05) is 0 Å². The number of likely N-dealkylation sites (tertiary alicyclic amines) is 1. The lowest BCUT2D eigenvalue weighted by Crippen LogP contribution is -2.30. The molecule has 2 aromatic rings. The summed E-state index contributed by atoms with van der Waals surface area (Å²) in [5, 5.41) is 8.98. The zero-order valence-electron chi connectivity index (χ0n) is 14.0. The number of carbonyl (C=O) groups is 2. The lowest BCUT2D eigenvalue weighted by atomic mass is 10.0. The molecule has 7 nitrogen and oxygen atoms in total. The first kappa shape index (κ1) is 16.9. The van der Waals surface area contributed by atoms with Crippen molar-refractivity contribution < 1.29 is 28.6 Å². The fourth-order valence-corrected chi connectivity index (χ4v) is 3.13. The van der Waals surface area contributed by atoms with Gasteiger partial charge in [-0.25, -0.2) is 4.79 Å². The Bertz CT molecular complexity index is 797. The molecule has 25 heavy (non-hydrogen) atoms. The normalized spacial score (nSPS) is 16.7. The van der Waals surface area contributed by atoms with Crippen molar-refractivity contribution in [2.45, 2.75) is 18.9 Å². The zero-order chi connectivity index (χ0) is 18.0. The SMILES string of the molecule is COc1ccc([C@H]2CCCN2C(=O)c2cc(C(=O)O)co2)c(OC)c1. The van der Waals surface area contributed by atoms with E-state index in [1.807, 2.05) is 12.1 Å². The maximum atomic E-state index is 12.8. The first-order valence-electron chi connectivity index (χ1n) is 7.90. The standard InChI is InChI=1S/C18H19NO6/c1-23-12-5-6-13(15(9-12)24-2)14-4-3-7-19(14)17(20)16-8-11(10-25-16)18(21)22/h5-6,8-10,14H,3-4,7H2,1-2H3,(H,21,22)/t14-/m1/s1. The second-order valence-corrected chi connectivity index (χ2v) is 5.77. The van der Waals surface area contributed by atoms with Gasteiger partial charge < -0.3 is 23.9 Å². The smallest absolute Gasteiger partial charge is 0.338 e. The highest BCUT2D eigenvalue weighted by molar-refractivity contribution is 5.95. The molecular weight excluding hydrogens is 326 g/mol. The van der Waals surface area contributed by atoms with Crippen LogP contribution in [0.1, 0.15) is 45.4 Å². The van der Waals surface area contributed by atoms with Crippen molar-refractivity contribution in [2.24, 2.45) is 0 Å². The number of rotatable bonds is 5. The van der Waals surface area contributed by atoms with Crippen molar-refractivity contribution in [2.75, 3.05) is 20.8 Å². The van der Waals surface area contributed by atoms with Gasteiger partial charge in [0.25, 0.3) is 5.91 Å². The van der Waals surface area contributed by atoms with E-state index in [2.05, 4.69) is 0 Å². The average molecular weight is 345 g/mol. The average Bonchev–Trinajstić information content (AvgIpc) is 3.30. The van der Waals surface area contributed by atoms with Crippen LogP contribution in [0, 0.1) is 0 Å². The molecule has 1 fully saturated rings. The number of benzene rings is 1. The van der Waals surface area contributed by atoms with Gasteiger partial charge in [0.05, 0.1) is 25.8 Å². The third-order valence-corrected chi connectivity index (χ3v) is 4.37. The predicted octanol–water partition coefficient (Wildman–Crippen LogP) is 2.97. The summed E-state index contributed by atoms with van der Waals surface area (Å²) < 4.78 is 15.8. The molecule has 1 aromatic heterocycles. The number of hydrogen-bond donors (Lipinski definition) is 1. The Morgan fingerprint density at radius 1 is 1.24 bits per heavy atom. The van der Waals surface area contributed by atoms with Crippen LogP contribution in [0.2, 0.25) is 0 Å². The van der Waals surface area contributed by atoms with Gasteiger partial charge in [0.15, 0.2) is 5.76 Å². The number of methoxy groups -OCH3 is 2. The summed E-state index contributed by atoms with van der Waals surface area (Å²) in [6.07, 6.45) is 2.72. The van der Waals surface area contributed by atoms with Crippen molar-refractivity contribution in [3.05, 3.63) is 47.4 Å².